The van der Waals surface area contributed by atoms with E-state index in [1.54, 1.807) is 6.92 Å². The second kappa shape index (κ2) is 5.48. The lowest BCUT2D eigenvalue weighted by atomic mass is 10.0. The Labute approximate surface area is 122 Å². The van der Waals surface area contributed by atoms with Gasteiger partial charge in [-0.05, 0) is 18.6 Å². The van der Waals surface area contributed by atoms with Crippen LogP contribution in [0.3, 0.4) is 0 Å². The lowest BCUT2D eigenvalue weighted by Gasteiger charge is -2.25. The number of nitrogens with one attached hydrogen (secondary N) is 1. The van der Waals surface area contributed by atoms with Crippen molar-refractivity contribution in [3.8, 4) is 0 Å². The molecule has 0 spiro atoms. The van der Waals surface area contributed by atoms with E-state index in [0.717, 1.165) is 5.75 Å². The van der Waals surface area contributed by atoms with Gasteiger partial charge in [0, 0.05) is 36.1 Å². The van der Waals surface area contributed by atoms with E-state index in [1.165, 1.54) is 10.5 Å². The molecule has 0 aliphatic carbocycles. The highest BCUT2D eigenvalue weighted by atomic mass is 32.2. The molecule has 2 aliphatic rings. The SMILES string of the molecule is CC1NC(=O)CCN(CC2CSc3ccccc32)C1=O. The number of hydrogen-bond acceptors (Lipinski definition) is 3. The quantitative estimate of drug-likeness (QED) is 0.900. The van der Waals surface area contributed by atoms with E-state index in [1.807, 2.05) is 16.7 Å². The van der Waals surface area contributed by atoms with Crippen LogP contribution in [0.15, 0.2) is 29.2 Å². The number of nitrogens with zero attached hydrogens (tertiary/aromatic N) is 1. The molecule has 2 unspecified atom stereocenters. The van der Waals surface area contributed by atoms with Gasteiger partial charge in [-0.2, -0.15) is 0 Å². The van der Waals surface area contributed by atoms with Crippen molar-refractivity contribution < 1.29 is 9.59 Å². The van der Waals surface area contributed by atoms with Crippen LogP contribution in [0.2, 0.25) is 0 Å². The molecule has 3 rings (SSSR count). The second-order valence-corrected chi connectivity index (χ2v) is 6.43. The van der Waals surface area contributed by atoms with Gasteiger partial charge in [0.05, 0.1) is 0 Å². The number of rotatable bonds is 2. The van der Waals surface area contributed by atoms with Gasteiger partial charge in [-0.15, -0.1) is 11.8 Å². The lowest BCUT2D eigenvalue weighted by molar-refractivity contribution is -0.133. The molecular formula is C15H18N2O2S. The summed E-state index contributed by atoms with van der Waals surface area (Å²) in [6.07, 6.45) is 0.400. The van der Waals surface area contributed by atoms with Gasteiger partial charge in [0.25, 0.3) is 0 Å². The van der Waals surface area contributed by atoms with Crippen molar-refractivity contribution in [3.63, 3.8) is 0 Å². The zero-order chi connectivity index (χ0) is 14.1. The molecule has 0 aromatic heterocycles. The number of thioether (sulfide) groups is 1. The highest BCUT2D eigenvalue weighted by Gasteiger charge is 2.31. The van der Waals surface area contributed by atoms with Gasteiger partial charge in [0.15, 0.2) is 0 Å². The monoisotopic (exact) mass is 290 g/mol. The third-order valence-electron chi connectivity index (χ3n) is 3.91. The smallest absolute Gasteiger partial charge is 0.244 e. The molecule has 1 aromatic carbocycles. The zero-order valence-corrected chi connectivity index (χ0v) is 12.3. The highest BCUT2D eigenvalue weighted by molar-refractivity contribution is 7.99. The molecule has 0 saturated carbocycles. The summed E-state index contributed by atoms with van der Waals surface area (Å²) in [4.78, 5) is 27.0. The lowest BCUT2D eigenvalue weighted by Crippen LogP contribution is -2.44. The van der Waals surface area contributed by atoms with Crippen molar-refractivity contribution in [1.82, 2.24) is 10.2 Å². The Bertz CT molecular complexity index is 546. The topological polar surface area (TPSA) is 49.4 Å². The van der Waals surface area contributed by atoms with E-state index in [9.17, 15) is 9.59 Å². The first-order valence-corrected chi connectivity index (χ1v) is 7.93. The predicted octanol–water partition coefficient (Wildman–Crippen LogP) is 1.61. The number of hydrogen-bond donors (Lipinski definition) is 1. The van der Waals surface area contributed by atoms with Crippen LogP contribution < -0.4 is 5.32 Å². The van der Waals surface area contributed by atoms with Crippen molar-refractivity contribution in [2.45, 2.75) is 30.2 Å². The maximum absolute atomic E-state index is 12.3. The minimum Gasteiger partial charge on any atom is -0.345 e. The number of amides is 2. The molecule has 2 heterocycles. The molecule has 0 radical (unpaired) electrons. The van der Waals surface area contributed by atoms with E-state index in [-0.39, 0.29) is 11.8 Å². The summed E-state index contributed by atoms with van der Waals surface area (Å²) in [6.45, 7) is 3.00. The summed E-state index contributed by atoms with van der Waals surface area (Å²) in [5.41, 5.74) is 1.33. The second-order valence-electron chi connectivity index (χ2n) is 5.37. The summed E-state index contributed by atoms with van der Waals surface area (Å²) in [6, 6.07) is 7.98. The summed E-state index contributed by atoms with van der Waals surface area (Å²) in [5, 5.41) is 2.73. The fourth-order valence-corrected chi connectivity index (χ4v) is 4.07. The van der Waals surface area contributed by atoms with Crippen LogP contribution >= 0.6 is 11.8 Å². The Morgan fingerprint density at radius 1 is 1.35 bits per heavy atom. The van der Waals surface area contributed by atoms with Crippen LogP contribution in [0, 0.1) is 0 Å². The Kier molecular flexibility index (Phi) is 3.70. The molecule has 2 aliphatic heterocycles. The van der Waals surface area contributed by atoms with Gasteiger partial charge in [-0.3, -0.25) is 9.59 Å². The Morgan fingerprint density at radius 2 is 2.15 bits per heavy atom. The van der Waals surface area contributed by atoms with Crippen molar-refractivity contribution in [2.24, 2.45) is 0 Å². The number of benzene rings is 1. The predicted molar refractivity (Wildman–Crippen MR) is 78.7 cm³/mol. The summed E-state index contributed by atoms with van der Waals surface area (Å²) >= 11 is 1.85. The Hall–Kier alpha value is -1.49. The molecule has 2 atom stereocenters. The van der Waals surface area contributed by atoms with Crippen molar-refractivity contribution in [1.29, 1.82) is 0 Å². The fraction of sp³-hybridized carbons (Fsp3) is 0.467. The first-order chi connectivity index (χ1) is 9.65. The van der Waals surface area contributed by atoms with Gasteiger partial charge < -0.3 is 10.2 Å². The van der Waals surface area contributed by atoms with Crippen molar-refractivity contribution in [3.05, 3.63) is 29.8 Å². The van der Waals surface area contributed by atoms with Crippen LogP contribution in [0.25, 0.3) is 0 Å². The van der Waals surface area contributed by atoms with E-state index in [0.29, 0.717) is 25.4 Å². The van der Waals surface area contributed by atoms with Gasteiger partial charge >= 0.3 is 0 Å². The molecule has 1 N–H and O–H groups in total. The van der Waals surface area contributed by atoms with Gasteiger partial charge in [-0.1, -0.05) is 18.2 Å². The molecule has 4 nitrogen and oxygen atoms in total. The molecule has 0 bridgehead atoms. The Balaban J connectivity index is 1.75. The van der Waals surface area contributed by atoms with Crippen LogP contribution in [0.4, 0.5) is 0 Å². The summed E-state index contributed by atoms with van der Waals surface area (Å²) in [7, 11) is 0. The number of fused-ring (bicyclic) bond motifs is 1. The van der Waals surface area contributed by atoms with Crippen LogP contribution in [0.1, 0.15) is 24.8 Å². The summed E-state index contributed by atoms with van der Waals surface area (Å²) in [5.74, 6) is 1.39. The first-order valence-electron chi connectivity index (χ1n) is 6.95. The first kappa shape index (κ1) is 13.5. The third-order valence-corrected chi connectivity index (χ3v) is 5.16. The molecule has 1 saturated heterocycles. The standard InChI is InChI=1S/C15H18N2O2S/c1-10-15(19)17(7-6-14(18)16-10)8-11-9-20-13-5-3-2-4-12(11)13/h2-5,10-11H,6-9H2,1H3,(H,16,18). The average Bonchev–Trinajstić information content (AvgIpc) is 2.80. The van der Waals surface area contributed by atoms with Crippen LogP contribution in [-0.4, -0.2) is 41.6 Å². The van der Waals surface area contributed by atoms with Gasteiger partial charge in [0.2, 0.25) is 11.8 Å². The molecule has 20 heavy (non-hydrogen) atoms. The zero-order valence-electron chi connectivity index (χ0n) is 11.5. The fourth-order valence-electron chi connectivity index (χ4n) is 2.82. The van der Waals surface area contributed by atoms with Gasteiger partial charge in [0.1, 0.15) is 6.04 Å². The Morgan fingerprint density at radius 3 is 3.00 bits per heavy atom. The molecule has 5 heteroatoms. The third kappa shape index (κ3) is 2.54. The molecular weight excluding hydrogens is 272 g/mol. The van der Waals surface area contributed by atoms with E-state index in [2.05, 4.69) is 29.6 Å². The van der Waals surface area contributed by atoms with E-state index < -0.39 is 6.04 Å². The van der Waals surface area contributed by atoms with Crippen molar-refractivity contribution in [2.75, 3.05) is 18.8 Å². The molecule has 2 amide bonds. The van der Waals surface area contributed by atoms with Crippen molar-refractivity contribution >= 4 is 23.6 Å². The van der Waals surface area contributed by atoms with Crippen LogP contribution in [0.5, 0.6) is 0 Å². The molecule has 1 aromatic rings. The minimum absolute atomic E-state index is 0.0326. The largest absolute Gasteiger partial charge is 0.345 e. The molecule has 1 fully saturated rings. The minimum atomic E-state index is -0.408. The maximum Gasteiger partial charge on any atom is 0.244 e. The summed E-state index contributed by atoms with van der Waals surface area (Å²) < 4.78 is 0. The molecule has 106 valence electrons. The van der Waals surface area contributed by atoms with Crippen LogP contribution in [-0.2, 0) is 9.59 Å². The van der Waals surface area contributed by atoms with E-state index >= 15 is 0 Å². The van der Waals surface area contributed by atoms with Gasteiger partial charge in [-0.25, -0.2) is 0 Å². The number of carbonyl (C=O) groups excluding carboxylic acids is 2. The number of carbonyl (C=O) groups is 2. The normalized spacial score (nSPS) is 26.1. The highest BCUT2D eigenvalue weighted by Crippen LogP contribution is 2.39. The average molecular weight is 290 g/mol. The van der Waals surface area contributed by atoms with E-state index in [4.69, 9.17) is 0 Å². The maximum atomic E-state index is 12.3.